The van der Waals surface area contributed by atoms with Gasteiger partial charge in [0.15, 0.2) is 5.65 Å². The molecule has 0 unspecified atom stereocenters. The fourth-order valence-corrected chi connectivity index (χ4v) is 3.89. The average Bonchev–Trinajstić information content (AvgIpc) is 3.04. The van der Waals surface area contributed by atoms with Gasteiger partial charge in [0.05, 0.1) is 12.0 Å². The van der Waals surface area contributed by atoms with Crippen molar-refractivity contribution in [2.45, 2.75) is 52.5 Å². The van der Waals surface area contributed by atoms with Gasteiger partial charge in [0.1, 0.15) is 0 Å². The first-order valence-corrected chi connectivity index (χ1v) is 9.82. The van der Waals surface area contributed by atoms with Gasteiger partial charge in [-0.15, -0.1) is 0 Å². The molecule has 2 heterocycles. The molecule has 0 radical (unpaired) electrons. The first-order valence-electron chi connectivity index (χ1n) is 9.44. The minimum atomic E-state index is -0.456. The Morgan fingerprint density at radius 3 is 2.46 bits per heavy atom. The van der Waals surface area contributed by atoms with Crippen molar-refractivity contribution in [3.63, 3.8) is 0 Å². The van der Waals surface area contributed by atoms with Gasteiger partial charge in [-0.1, -0.05) is 37.6 Å². The number of hydrogen-bond donors (Lipinski definition) is 2. The Hall–Kier alpha value is -2.60. The smallest absolute Gasteiger partial charge is 0.266 e. The number of H-pyrrole nitrogens is 1. The van der Waals surface area contributed by atoms with E-state index in [2.05, 4.69) is 29.2 Å². The Bertz CT molecular complexity index is 1060. The summed E-state index contributed by atoms with van der Waals surface area (Å²) in [4.78, 5) is 29.1. The Morgan fingerprint density at radius 1 is 1.21 bits per heavy atom. The van der Waals surface area contributed by atoms with E-state index in [-0.39, 0.29) is 17.9 Å². The molecule has 0 bridgehead atoms. The summed E-state index contributed by atoms with van der Waals surface area (Å²) >= 11 is 6.02. The molecule has 0 fully saturated rings. The molecule has 0 spiro atoms. The zero-order valence-electron chi connectivity index (χ0n) is 16.6. The topological polar surface area (TPSA) is 79.3 Å². The zero-order chi connectivity index (χ0) is 20.5. The number of carbonyl (C=O) groups excluding carboxylic acids is 1. The van der Waals surface area contributed by atoms with E-state index in [1.807, 2.05) is 38.1 Å². The van der Waals surface area contributed by atoms with Crippen molar-refractivity contribution in [3.05, 3.63) is 68.2 Å². The highest BCUT2D eigenvalue weighted by Gasteiger charge is 2.30. The number of hydrogen-bond acceptors (Lipinski definition) is 3. The lowest BCUT2D eigenvalue weighted by molar-refractivity contribution is -0.122. The molecule has 2 N–H and O–H groups in total. The van der Waals surface area contributed by atoms with E-state index in [0.717, 1.165) is 35.4 Å². The third-order valence-corrected chi connectivity index (χ3v) is 5.77. The predicted octanol–water partition coefficient (Wildman–Crippen LogP) is 3.67. The molecular formula is C21H25ClN4O2. The third kappa shape index (κ3) is 3.69. The van der Waals surface area contributed by atoms with Crippen LogP contribution in [-0.2, 0) is 16.8 Å². The molecule has 0 aliphatic carbocycles. The lowest BCUT2D eigenvalue weighted by Gasteiger charge is -2.34. The van der Waals surface area contributed by atoms with E-state index in [4.69, 9.17) is 11.6 Å². The van der Waals surface area contributed by atoms with Gasteiger partial charge in [-0.05, 0) is 44.4 Å². The van der Waals surface area contributed by atoms with Crippen molar-refractivity contribution >= 4 is 23.2 Å². The second-order valence-electron chi connectivity index (χ2n) is 7.10. The Kier molecular flexibility index (Phi) is 5.61. The SMILES string of the molecule is CCC(CC)(NC(=O)Cc1c(C)nc2cc(=O)[nH]n2c1C)c1ccc(Cl)cc1. The van der Waals surface area contributed by atoms with Gasteiger partial charge in [-0.3, -0.25) is 14.7 Å². The lowest BCUT2D eigenvalue weighted by Crippen LogP contribution is -2.45. The standard InChI is InChI=1S/C21H25ClN4O2/c1-5-21(6-2,15-7-9-16(22)10-8-15)24-19(27)11-17-13(3)23-18-12-20(28)25-26(18)14(17)4/h7-10,12H,5-6,11H2,1-4H3,(H,24,27)(H,25,28). The third-order valence-electron chi connectivity index (χ3n) is 5.52. The van der Waals surface area contributed by atoms with Crippen molar-refractivity contribution in [2.75, 3.05) is 0 Å². The van der Waals surface area contributed by atoms with Crippen LogP contribution in [0.2, 0.25) is 5.02 Å². The first-order chi connectivity index (χ1) is 13.3. The van der Waals surface area contributed by atoms with Crippen LogP contribution in [0.4, 0.5) is 0 Å². The summed E-state index contributed by atoms with van der Waals surface area (Å²) in [6.45, 7) is 7.87. The van der Waals surface area contributed by atoms with Gasteiger partial charge >= 0.3 is 0 Å². The predicted molar refractivity (Wildman–Crippen MR) is 111 cm³/mol. The highest BCUT2D eigenvalue weighted by molar-refractivity contribution is 6.30. The number of fused-ring (bicyclic) bond motifs is 1. The maximum absolute atomic E-state index is 13.0. The molecule has 1 aromatic carbocycles. The van der Waals surface area contributed by atoms with E-state index in [1.54, 1.807) is 4.52 Å². The summed E-state index contributed by atoms with van der Waals surface area (Å²) in [6, 6.07) is 9.06. The molecule has 7 heteroatoms. The number of carbonyl (C=O) groups is 1. The number of nitrogens with one attached hydrogen (secondary N) is 2. The second kappa shape index (κ2) is 7.80. The molecule has 0 aliphatic rings. The van der Waals surface area contributed by atoms with Crippen molar-refractivity contribution in [2.24, 2.45) is 0 Å². The van der Waals surface area contributed by atoms with Crippen LogP contribution in [0.25, 0.3) is 5.65 Å². The number of aryl methyl sites for hydroxylation is 2. The van der Waals surface area contributed by atoms with E-state index < -0.39 is 5.54 Å². The van der Waals surface area contributed by atoms with Gasteiger partial charge in [0.2, 0.25) is 5.91 Å². The van der Waals surface area contributed by atoms with Crippen molar-refractivity contribution in [1.29, 1.82) is 0 Å². The summed E-state index contributed by atoms with van der Waals surface area (Å²) in [5, 5.41) is 6.62. The van der Waals surface area contributed by atoms with E-state index in [9.17, 15) is 9.59 Å². The summed E-state index contributed by atoms with van der Waals surface area (Å²) in [5.41, 5.74) is 3.29. The fraction of sp³-hybridized carbons (Fsp3) is 0.381. The number of halogens is 1. The highest BCUT2D eigenvalue weighted by Crippen LogP contribution is 2.30. The minimum Gasteiger partial charge on any atom is -0.346 e. The second-order valence-corrected chi connectivity index (χ2v) is 7.53. The van der Waals surface area contributed by atoms with Gasteiger partial charge in [-0.2, -0.15) is 0 Å². The molecule has 2 aromatic heterocycles. The van der Waals surface area contributed by atoms with Crippen LogP contribution in [0.3, 0.4) is 0 Å². The molecule has 0 saturated heterocycles. The average molecular weight is 401 g/mol. The number of aromatic amines is 1. The highest BCUT2D eigenvalue weighted by atomic mass is 35.5. The molecule has 0 saturated carbocycles. The fourth-order valence-electron chi connectivity index (χ4n) is 3.76. The Morgan fingerprint density at radius 2 is 1.86 bits per heavy atom. The van der Waals surface area contributed by atoms with Crippen LogP contribution in [0.15, 0.2) is 35.1 Å². The molecule has 1 amide bonds. The molecule has 3 aromatic rings. The molecule has 6 nitrogen and oxygen atoms in total. The number of benzene rings is 1. The largest absolute Gasteiger partial charge is 0.346 e. The van der Waals surface area contributed by atoms with E-state index in [1.165, 1.54) is 6.07 Å². The molecule has 0 aliphatic heterocycles. The number of nitrogens with zero attached hydrogens (tertiary/aromatic N) is 2. The normalized spacial score (nSPS) is 11.8. The van der Waals surface area contributed by atoms with Crippen LogP contribution >= 0.6 is 11.6 Å². The summed E-state index contributed by atoms with van der Waals surface area (Å²) < 4.78 is 1.63. The number of aromatic nitrogens is 3. The van der Waals surface area contributed by atoms with Crippen LogP contribution in [-0.4, -0.2) is 20.5 Å². The number of rotatable bonds is 6. The minimum absolute atomic E-state index is 0.0829. The van der Waals surface area contributed by atoms with Crippen LogP contribution in [0, 0.1) is 13.8 Å². The van der Waals surface area contributed by atoms with Crippen molar-refractivity contribution in [1.82, 2.24) is 19.9 Å². The Balaban J connectivity index is 1.90. The van der Waals surface area contributed by atoms with Gasteiger partial charge in [0, 0.05) is 28.0 Å². The summed E-state index contributed by atoms with van der Waals surface area (Å²) in [7, 11) is 0. The monoisotopic (exact) mass is 400 g/mol. The molecule has 3 rings (SSSR count). The first kappa shape index (κ1) is 20.1. The van der Waals surface area contributed by atoms with Gasteiger partial charge in [0.25, 0.3) is 5.56 Å². The maximum atomic E-state index is 13.0. The Labute approximate surface area is 168 Å². The van der Waals surface area contributed by atoms with Crippen molar-refractivity contribution < 1.29 is 4.79 Å². The van der Waals surface area contributed by atoms with Crippen LogP contribution in [0.1, 0.15) is 49.2 Å². The molecule has 148 valence electrons. The van der Waals surface area contributed by atoms with Gasteiger partial charge < -0.3 is 5.32 Å². The summed E-state index contributed by atoms with van der Waals surface area (Å²) in [5.74, 6) is -0.0829. The quantitative estimate of drug-likeness (QED) is 0.662. The zero-order valence-corrected chi connectivity index (χ0v) is 17.4. The van der Waals surface area contributed by atoms with Gasteiger partial charge in [-0.25, -0.2) is 9.50 Å². The molecule has 28 heavy (non-hydrogen) atoms. The van der Waals surface area contributed by atoms with Crippen LogP contribution < -0.4 is 10.9 Å². The number of amides is 1. The van der Waals surface area contributed by atoms with Crippen molar-refractivity contribution in [3.8, 4) is 0 Å². The summed E-state index contributed by atoms with van der Waals surface area (Å²) in [6.07, 6.45) is 1.71. The van der Waals surface area contributed by atoms with E-state index in [0.29, 0.717) is 10.7 Å². The molecule has 0 atom stereocenters. The van der Waals surface area contributed by atoms with E-state index >= 15 is 0 Å². The lowest BCUT2D eigenvalue weighted by atomic mass is 9.84. The van der Waals surface area contributed by atoms with Crippen LogP contribution in [0.5, 0.6) is 0 Å². The maximum Gasteiger partial charge on any atom is 0.266 e. The molecular weight excluding hydrogens is 376 g/mol.